The van der Waals surface area contributed by atoms with Crippen LogP contribution in [-0.4, -0.2) is 64.9 Å². The molecule has 1 saturated heterocycles. The highest BCUT2D eigenvalue weighted by Gasteiger charge is 2.38. The second-order valence-corrected chi connectivity index (χ2v) is 7.80. The summed E-state index contributed by atoms with van der Waals surface area (Å²) in [6.45, 7) is 2.30. The second kappa shape index (κ2) is 7.14. The van der Waals surface area contributed by atoms with E-state index in [1.54, 1.807) is 29.2 Å². The van der Waals surface area contributed by atoms with Crippen LogP contribution in [0, 0.1) is 0 Å². The second-order valence-electron chi connectivity index (χ2n) is 5.62. The van der Waals surface area contributed by atoms with E-state index in [9.17, 15) is 14.4 Å². The summed E-state index contributed by atoms with van der Waals surface area (Å²) in [7, 11) is 0. The van der Waals surface area contributed by atoms with Crippen molar-refractivity contribution in [2.75, 3.05) is 37.0 Å². The Labute approximate surface area is 157 Å². The molecule has 2 aliphatic rings. The molecule has 0 N–H and O–H groups in total. The molecule has 0 aliphatic carbocycles. The number of morpholine rings is 1. The lowest BCUT2D eigenvalue weighted by Crippen LogP contribution is -2.41. The summed E-state index contributed by atoms with van der Waals surface area (Å²) in [6.07, 6.45) is 0. The average Bonchev–Trinajstić information content (AvgIpc) is 3.24. The molecule has 0 spiro atoms. The molecule has 0 unspecified atom stereocenters. The number of carbonyl (C=O) groups excluding carboxylic acids is 3. The van der Waals surface area contributed by atoms with E-state index in [-0.39, 0.29) is 16.8 Å². The van der Waals surface area contributed by atoms with Crippen molar-refractivity contribution >= 4 is 46.0 Å². The SMILES string of the molecule is O=C(CSc1nnc(N2C(=O)c3ccccc3C2=O)s1)N1CCOCC1. The molecule has 0 atom stereocenters. The van der Waals surface area contributed by atoms with Crippen molar-refractivity contribution in [1.29, 1.82) is 0 Å². The quantitative estimate of drug-likeness (QED) is 0.441. The topological polar surface area (TPSA) is 92.7 Å². The molecular formula is C16H14N4O4S2. The van der Waals surface area contributed by atoms with Crippen molar-refractivity contribution in [2.45, 2.75) is 4.34 Å². The third-order valence-electron chi connectivity index (χ3n) is 4.06. The van der Waals surface area contributed by atoms with Gasteiger partial charge in [0, 0.05) is 13.1 Å². The van der Waals surface area contributed by atoms with Crippen LogP contribution in [0.5, 0.6) is 0 Å². The molecule has 10 heteroatoms. The van der Waals surface area contributed by atoms with E-state index in [1.807, 2.05) is 0 Å². The maximum Gasteiger partial charge on any atom is 0.268 e. The number of anilines is 1. The minimum absolute atomic E-state index is 0.00998. The zero-order valence-corrected chi connectivity index (χ0v) is 15.2. The molecule has 4 rings (SSSR count). The van der Waals surface area contributed by atoms with E-state index in [4.69, 9.17) is 4.74 Å². The Morgan fingerprint density at radius 1 is 1.12 bits per heavy atom. The van der Waals surface area contributed by atoms with Crippen LogP contribution in [-0.2, 0) is 9.53 Å². The number of hydrogen-bond donors (Lipinski definition) is 0. The fraction of sp³-hybridized carbons (Fsp3) is 0.312. The van der Waals surface area contributed by atoms with E-state index in [1.165, 1.54) is 11.8 Å². The first kappa shape index (κ1) is 17.1. The standard InChI is InChI=1S/C16H14N4O4S2/c21-12(19-5-7-24-8-6-19)9-25-16-18-17-15(26-16)20-13(22)10-3-1-2-4-11(10)14(20)23/h1-4H,5-9H2. The monoisotopic (exact) mass is 390 g/mol. The van der Waals surface area contributed by atoms with Gasteiger partial charge in [0.05, 0.1) is 30.1 Å². The van der Waals surface area contributed by atoms with Crippen LogP contribution in [0.4, 0.5) is 5.13 Å². The van der Waals surface area contributed by atoms with Crippen molar-refractivity contribution in [2.24, 2.45) is 0 Å². The molecule has 134 valence electrons. The molecule has 0 radical (unpaired) electrons. The van der Waals surface area contributed by atoms with Gasteiger partial charge in [-0.05, 0) is 12.1 Å². The number of amides is 3. The van der Waals surface area contributed by atoms with Crippen molar-refractivity contribution in [3.05, 3.63) is 35.4 Å². The van der Waals surface area contributed by atoms with Crippen LogP contribution in [0.1, 0.15) is 20.7 Å². The first-order chi connectivity index (χ1) is 12.6. The average molecular weight is 390 g/mol. The maximum absolute atomic E-state index is 12.5. The lowest BCUT2D eigenvalue weighted by Gasteiger charge is -2.26. The van der Waals surface area contributed by atoms with Gasteiger partial charge in [-0.1, -0.05) is 35.2 Å². The lowest BCUT2D eigenvalue weighted by atomic mass is 10.1. The number of ether oxygens (including phenoxy) is 1. The Hall–Kier alpha value is -2.30. The van der Waals surface area contributed by atoms with Crippen molar-refractivity contribution in [1.82, 2.24) is 15.1 Å². The largest absolute Gasteiger partial charge is 0.378 e. The fourth-order valence-corrected chi connectivity index (χ4v) is 4.48. The van der Waals surface area contributed by atoms with Gasteiger partial charge in [0.2, 0.25) is 11.0 Å². The minimum atomic E-state index is -0.400. The molecule has 8 nitrogen and oxygen atoms in total. The van der Waals surface area contributed by atoms with Gasteiger partial charge >= 0.3 is 0 Å². The number of aromatic nitrogens is 2. The van der Waals surface area contributed by atoms with Gasteiger partial charge in [0.15, 0.2) is 4.34 Å². The van der Waals surface area contributed by atoms with Crippen molar-refractivity contribution in [3.63, 3.8) is 0 Å². The molecule has 3 amide bonds. The zero-order chi connectivity index (χ0) is 18.1. The highest BCUT2D eigenvalue weighted by molar-refractivity contribution is 8.01. The molecule has 0 bridgehead atoms. The van der Waals surface area contributed by atoms with Gasteiger partial charge in [-0.25, -0.2) is 4.90 Å². The van der Waals surface area contributed by atoms with E-state index in [0.29, 0.717) is 41.8 Å². The minimum Gasteiger partial charge on any atom is -0.378 e. The highest BCUT2D eigenvalue weighted by Crippen LogP contribution is 2.33. The molecule has 0 saturated carbocycles. The lowest BCUT2D eigenvalue weighted by molar-refractivity contribution is -0.132. The van der Waals surface area contributed by atoms with Gasteiger partial charge in [0.25, 0.3) is 11.8 Å². The number of carbonyl (C=O) groups is 3. The summed E-state index contributed by atoms with van der Waals surface area (Å²) in [5.41, 5.74) is 0.730. The zero-order valence-electron chi connectivity index (χ0n) is 13.6. The van der Waals surface area contributed by atoms with Crippen molar-refractivity contribution in [3.8, 4) is 0 Å². The summed E-state index contributed by atoms with van der Waals surface area (Å²) < 4.78 is 5.77. The van der Waals surface area contributed by atoms with Crippen LogP contribution in [0.3, 0.4) is 0 Å². The summed E-state index contributed by atoms with van der Waals surface area (Å²) in [5.74, 6) is -0.558. The third-order valence-corrected chi connectivity index (χ3v) is 6.09. The maximum atomic E-state index is 12.5. The Morgan fingerprint density at radius 2 is 1.77 bits per heavy atom. The van der Waals surface area contributed by atoms with Gasteiger partial charge in [-0.3, -0.25) is 14.4 Å². The molecule has 2 aromatic rings. The Kier molecular flexibility index (Phi) is 4.70. The molecule has 3 heterocycles. The van der Waals surface area contributed by atoms with Crippen LogP contribution < -0.4 is 4.90 Å². The van der Waals surface area contributed by atoms with Gasteiger partial charge in [-0.2, -0.15) is 0 Å². The van der Waals surface area contributed by atoms with Gasteiger partial charge in [0.1, 0.15) is 0 Å². The van der Waals surface area contributed by atoms with E-state index in [2.05, 4.69) is 10.2 Å². The summed E-state index contributed by atoms with van der Waals surface area (Å²) >= 11 is 2.38. The predicted molar refractivity (Wildman–Crippen MR) is 95.6 cm³/mol. The van der Waals surface area contributed by atoms with E-state index < -0.39 is 11.8 Å². The van der Waals surface area contributed by atoms with E-state index in [0.717, 1.165) is 16.2 Å². The Balaban J connectivity index is 1.43. The molecule has 1 fully saturated rings. The molecule has 1 aromatic heterocycles. The number of rotatable bonds is 4. The van der Waals surface area contributed by atoms with Crippen LogP contribution in [0.25, 0.3) is 0 Å². The van der Waals surface area contributed by atoms with Crippen LogP contribution in [0.2, 0.25) is 0 Å². The molecular weight excluding hydrogens is 376 g/mol. The predicted octanol–water partition coefficient (Wildman–Crippen LogP) is 1.29. The van der Waals surface area contributed by atoms with Crippen LogP contribution >= 0.6 is 23.1 Å². The fourth-order valence-electron chi connectivity index (χ4n) is 2.74. The highest BCUT2D eigenvalue weighted by atomic mass is 32.2. The van der Waals surface area contributed by atoms with Crippen LogP contribution in [0.15, 0.2) is 28.6 Å². The van der Waals surface area contributed by atoms with Gasteiger partial charge in [-0.15, -0.1) is 10.2 Å². The molecule has 2 aliphatic heterocycles. The number of nitrogens with zero attached hydrogens (tertiary/aromatic N) is 4. The number of imide groups is 1. The number of benzene rings is 1. The van der Waals surface area contributed by atoms with Gasteiger partial charge < -0.3 is 9.64 Å². The van der Waals surface area contributed by atoms with E-state index >= 15 is 0 Å². The smallest absolute Gasteiger partial charge is 0.268 e. The normalized spacial score (nSPS) is 16.9. The third kappa shape index (κ3) is 3.11. The first-order valence-electron chi connectivity index (χ1n) is 7.95. The number of thioether (sulfide) groups is 1. The first-order valence-corrected chi connectivity index (χ1v) is 9.75. The number of fused-ring (bicyclic) bond motifs is 1. The molecule has 1 aromatic carbocycles. The number of hydrogen-bond acceptors (Lipinski definition) is 8. The summed E-state index contributed by atoms with van der Waals surface area (Å²) in [4.78, 5) is 39.9. The summed E-state index contributed by atoms with van der Waals surface area (Å²) in [5, 5.41) is 8.18. The Bertz CT molecular complexity index is 844. The summed E-state index contributed by atoms with van der Waals surface area (Å²) in [6, 6.07) is 6.67. The Morgan fingerprint density at radius 3 is 2.42 bits per heavy atom. The molecule has 26 heavy (non-hydrogen) atoms. The van der Waals surface area contributed by atoms with Crippen molar-refractivity contribution < 1.29 is 19.1 Å².